The molecule has 138 valence electrons. The molecule has 3 aromatic rings. The Morgan fingerprint density at radius 2 is 1.85 bits per heavy atom. The normalized spacial score (nSPS) is 15.2. The van der Waals surface area contributed by atoms with Gasteiger partial charge in [-0.3, -0.25) is 15.0 Å². The van der Waals surface area contributed by atoms with Gasteiger partial charge in [-0.1, -0.05) is 12.1 Å². The van der Waals surface area contributed by atoms with Crippen LogP contribution >= 0.6 is 0 Å². The quantitative estimate of drug-likeness (QED) is 0.550. The lowest BCUT2D eigenvalue weighted by Gasteiger charge is -2.34. The van der Waals surface area contributed by atoms with Gasteiger partial charge >= 0.3 is 5.69 Å². The fourth-order valence-electron chi connectivity index (χ4n) is 3.31. The summed E-state index contributed by atoms with van der Waals surface area (Å²) < 4.78 is 0. The Labute approximate surface area is 155 Å². The first-order valence-electron chi connectivity index (χ1n) is 8.69. The standard InChI is InChI=1S/C18H19N7O2/c19-17-13-4-1-2-5-14(13)21-16(22-17)12-23-8-10-24(11-9-23)18-15(25(26)27)6-3-7-20-18/h1-7H,8-12H2,(H2,19,21,22). The topological polar surface area (TPSA) is 114 Å². The second-order valence-electron chi connectivity index (χ2n) is 6.41. The molecule has 0 aliphatic carbocycles. The van der Waals surface area contributed by atoms with E-state index in [0.717, 1.165) is 24.0 Å². The predicted molar refractivity (Wildman–Crippen MR) is 102 cm³/mol. The number of nitrogens with two attached hydrogens (primary N) is 1. The van der Waals surface area contributed by atoms with E-state index in [1.54, 1.807) is 12.3 Å². The molecule has 1 fully saturated rings. The minimum atomic E-state index is -0.388. The van der Waals surface area contributed by atoms with Gasteiger partial charge in [0.2, 0.25) is 5.82 Å². The number of pyridine rings is 1. The highest BCUT2D eigenvalue weighted by Gasteiger charge is 2.25. The van der Waals surface area contributed by atoms with Crippen LogP contribution in [0.1, 0.15) is 5.82 Å². The van der Waals surface area contributed by atoms with Gasteiger partial charge in [0.05, 0.1) is 17.0 Å². The maximum atomic E-state index is 11.2. The van der Waals surface area contributed by atoms with Gasteiger partial charge in [0.25, 0.3) is 0 Å². The van der Waals surface area contributed by atoms with Crippen molar-refractivity contribution in [1.82, 2.24) is 19.9 Å². The van der Waals surface area contributed by atoms with Crippen molar-refractivity contribution in [2.45, 2.75) is 6.54 Å². The van der Waals surface area contributed by atoms with Crippen LogP contribution in [0, 0.1) is 10.1 Å². The molecule has 9 heteroatoms. The highest BCUT2D eigenvalue weighted by atomic mass is 16.6. The highest BCUT2D eigenvalue weighted by molar-refractivity contribution is 5.87. The molecule has 1 aliphatic rings. The number of anilines is 2. The van der Waals surface area contributed by atoms with E-state index in [2.05, 4.69) is 19.9 Å². The molecule has 2 N–H and O–H groups in total. The zero-order chi connectivity index (χ0) is 18.8. The highest BCUT2D eigenvalue weighted by Crippen LogP contribution is 2.26. The van der Waals surface area contributed by atoms with Crippen molar-refractivity contribution in [2.75, 3.05) is 36.8 Å². The molecule has 3 heterocycles. The van der Waals surface area contributed by atoms with Crippen molar-refractivity contribution in [3.63, 3.8) is 0 Å². The van der Waals surface area contributed by atoms with Gasteiger partial charge in [0.1, 0.15) is 11.6 Å². The number of para-hydroxylation sites is 1. The first-order valence-corrected chi connectivity index (χ1v) is 8.69. The molecule has 2 aromatic heterocycles. The molecule has 4 rings (SSSR count). The van der Waals surface area contributed by atoms with Crippen molar-refractivity contribution in [1.29, 1.82) is 0 Å². The van der Waals surface area contributed by atoms with Crippen molar-refractivity contribution in [3.8, 4) is 0 Å². The van der Waals surface area contributed by atoms with Crippen LogP contribution in [-0.4, -0.2) is 51.0 Å². The molecule has 1 aliphatic heterocycles. The Bertz CT molecular complexity index is 986. The Morgan fingerprint density at radius 1 is 1.07 bits per heavy atom. The number of piperazine rings is 1. The first-order chi connectivity index (χ1) is 13.1. The smallest absolute Gasteiger partial charge is 0.311 e. The molecule has 1 aromatic carbocycles. The van der Waals surface area contributed by atoms with E-state index < -0.39 is 0 Å². The molecule has 0 unspecified atom stereocenters. The lowest BCUT2D eigenvalue weighted by molar-refractivity contribution is -0.384. The van der Waals surface area contributed by atoms with Gasteiger partial charge < -0.3 is 10.6 Å². The molecule has 0 bridgehead atoms. The summed E-state index contributed by atoms with van der Waals surface area (Å²) in [5.41, 5.74) is 6.93. The van der Waals surface area contributed by atoms with Gasteiger partial charge in [-0.05, 0) is 18.2 Å². The van der Waals surface area contributed by atoms with Crippen LogP contribution in [0.4, 0.5) is 17.3 Å². The number of nitrogen functional groups attached to an aromatic ring is 1. The molecule has 0 radical (unpaired) electrons. The van der Waals surface area contributed by atoms with E-state index in [-0.39, 0.29) is 10.6 Å². The summed E-state index contributed by atoms with van der Waals surface area (Å²) in [6.07, 6.45) is 1.58. The summed E-state index contributed by atoms with van der Waals surface area (Å²) in [6.45, 7) is 3.38. The maximum absolute atomic E-state index is 11.2. The SMILES string of the molecule is Nc1nc(CN2CCN(c3ncccc3[N+](=O)[O-])CC2)nc2ccccc12. The molecule has 0 atom stereocenters. The molecule has 27 heavy (non-hydrogen) atoms. The van der Waals surface area contributed by atoms with Crippen LogP contribution in [0.2, 0.25) is 0 Å². The molecular weight excluding hydrogens is 346 g/mol. The van der Waals surface area contributed by atoms with E-state index in [4.69, 9.17) is 5.73 Å². The lowest BCUT2D eigenvalue weighted by atomic mass is 10.2. The van der Waals surface area contributed by atoms with Crippen molar-refractivity contribution < 1.29 is 4.92 Å². The molecule has 0 amide bonds. The van der Waals surface area contributed by atoms with Crippen LogP contribution in [0.5, 0.6) is 0 Å². The first kappa shape index (κ1) is 17.1. The number of benzene rings is 1. The van der Waals surface area contributed by atoms with Crippen LogP contribution in [0.3, 0.4) is 0 Å². The number of fused-ring (bicyclic) bond motifs is 1. The third-order valence-electron chi connectivity index (χ3n) is 4.68. The summed E-state index contributed by atoms with van der Waals surface area (Å²) >= 11 is 0. The molecular formula is C18H19N7O2. The minimum Gasteiger partial charge on any atom is -0.383 e. The number of nitrogens with zero attached hydrogens (tertiary/aromatic N) is 6. The fourth-order valence-corrected chi connectivity index (χ4v) is 3.31. The van der Waals surface area contributed by atoms with Gasteiger partial charge in [-0.2, -0.15) is 0 Å². The fraction of sp³-hybridized carbons (Fsp3) is 0.278. The van der Waals surface area contributed by atoms with Gasteiger partial charge in [0, 0.05) is 43.8 Å². The predicted octanol–water partition coefficient (Wildman–Crippen LogP) is 1.84. The zero-order valence-electron chi connectivity index (χ0n) is 14.7. The summed E-state index contributed by atoms with van der Waals surface area (Å²) in [5.74, 6) is 1.59. The van der Waals surface area contributed by atoms with Gasteiger partial charge in [-0.25, -0.2) is 15.0 Å². The minimum absolute atomic E-state index is 0.0385. The number of hydrogen-bond donors (Lipinski definition) is 1. The summed E-state index contributed by atoms with van der Waals surface area (Å²) in [7, 11) is 0. The third kappa shape index (κ3) is 3.49. The van der Waals surface area contributed by atoms with Crippen molar-refractivity contribution in [3.05, 3.63) is 58.5 Å². The van der Waals surface area contributed by atoms with Crippen LogP contribution in [-0.2, 0) is 6.54 Å². The van der Waals surface area contributed by atoms with Crippen LogP contribution in [0.25, 0.3) is 10.9 Å². The van der Waals surface area contributed by atoms with E-state index in [9.17, 15) is 10.1 Å². The van der Waals surface area contributed by atoms with E-state index in [1.807, 2.05) is 29.2 Å². The van der Waals surface area contributed by atoms with Crippen molar-refractivity contribution >= 4 is 28.2 Å². The van der Waals surface area contributed by atoms with Crippen molar-refractivity contribution in [2.24, 2.45) is 0 Å². The maximum Gasteiger partial charge on any atom is 0.311 e. The Kier molecular flexibility index (Phi) is 4.51. The lowest BCUT2D eigenvalue weighted by Crippen LogP contribution is -2.46. The number of aromatic nitrogens is 3. The summed E-state index contributed by atoms with van der Waals surface area (Å²) in [5, 5.41) is 12.1. The number of rotatable bonds is 4. The Hall–Kier alpha value is -3.33. The Balaban J connectivity index is 1.45. The van der Waals surface area contributed by atoms with Gasteiger partial charge in [-0.15, -0.1) is 0 Å². The number of nitro groups is 1. The molecule has 0 saturated carbocycles. The van der Waals surface area contributed by atoms with E-state index >= 15 is 0 Å². The summed E-state index contributed by atoms with van der Waals surface area (Å²) in [6, 6.07) is 10.7. The third-order valence-corrected chi connectivity index (χ3v) is 4.68. The molecule has 9 nitrogen and oxygen atoms in total. The molecule has 0 spiro atoms. The second kappa shape index (κ2) is 7.12. The molecule has 1 saturated heterocycles. The monoisotopic (exact) mass is 365 g/mol. The second-order valence-corrected chi connectivity index (χ2v) is 6.41. The average Bonchev–Trinajstić information content (AvgIpc) is 2.69. The van der Waals surface area contributed by atoms with E-state index in [0.29, 0.717) is 37.1 Å². The van der Waals surface area contributed by atoms with Crippen LogP contribution < -0.4 is 10.6 Å². The number of hydrogen-bond acceptors (Lipinski definition) is 8. The Morgan fingerprint density at radius 3 is 2.63 bits per heavy atom. The summed E-state index contributed by atoms with van der Waals surface area (Å²) in [4.78, 5) is 28.2. The van der Waals surface area contributed by atoms with Crippen LogP contribution in [0.15, 0.2) is 42.6 Å². The van der Waals surface area contributed by atoms with Gasteiger partial charge in [0.15, 0.2) is 0 Å². The van der Waals surface area contributed by atoms with E-state index in [1.165, 1.54) is 6.07 Å². The average molecular weight is 365 g/mol. The largest absolute Gasteiger partial charge is 0.383 e. The zero-order valence-corrected chi connectivity index (χ0v) is 14.7.